The molecule has 2 N–H and O–H groups in total. The molecule has 0 saturated carbocycles. The summed E-state index contributed by atoms with van der Waals surface area (Å²) in [5.41, 5.74) is -1.19. The number of hydrogen-bond acceptors (Lipinski definition) is 5. The Balaban J connectivity index is 2.34. The number of methoxy groups -OCH3 is 1. The summed E-state index contributed by atoms with van der Waals surface area (Å²) >= 11 is 0. The highest BCUT2D eigenvalue weighted by Gasteiger charge is 2.29. The Labute approximate surface area is 118 Å². The average Bonchev–Trinajstić information content (AvgIpc) is 2.94. The van der Waals surface area contributed by atoms with Gasteiger partial charge in [0.15, 0.2) is 0 Å². The van der Waals surface area contributed by atoms with Crippen LogP contribution in [-0.4, -0.2) is 35.0 Å². The zero-order valence-electron chi connectivity index (χ0n) is 11.9. The molecule has 1 aromatic heterocycles. The molecule has 0 aliphatic carbocycles. The van der Waals surface area contributed by atoms with Crippen molar-refractivity contribution < 1.29 is 24.2 Å². The number of aliphatic hydroxyl groups excluding tert-OH is 1. The Hall–Kier alpha value is -1.59. The summed E-state index contributed by atoms with van der Waals surface area (Å²) in [7, 11) is 1.31. The van der Waals surface area contributed by atoms with Crippen molar-refractivity contribution in [2.75, 3.05) is 7.11 Å². The second kappa shape index (κ2) is 7.87. The number of esters is 1. The SMILES string of the molecule is COC(=O)/C=C/CC[C@@H](O)[C@@](C)(O)CCc1ccco1. The van der Waals surface area contributed by atoms with Gasteiger partial charge >= 0.3 is 5.97 Å². The molecule has 0 radical (unpaired) electrons. The Bertz CT molecular complexity index is 419. The third-order valence-corrected chi connectivity index (χ3v) is 3.24. The number of furan rings is 1. The number of aryl methyl sites for hydroxylation is 1. The van der Waals surface area contributed by atoms with E-state index in [0.29, 0.717) is 25.7 Å². The third-order valence-electron chi connectivity index (χ3n) is 3.24. The van der Waals surface area contributed by atoms with E-state index in [4.69, 9.17) is 4.42 Å². The van der Waals surface area contributed by atoms with E-state index in [1.165, 1.54) is 13.2 Å². The maximum absolute atomic E-state index is 10.9. The maximum Gasteiger partial charge on any atom is 0.330 e. The molecule has 5 nitrogen and oxygen atoms in total. The fourth-order valence-corrected chi connectivity index (χ4v) is 1.81. The van der Waals surface area contributed by atoms with Crippen LogP contribution in [0.25, 0.3) is 0 Å². The van der Waals surface area contributed by atoms with Gasteiger partial charge in [0.2, 0.25) is 0 Å². The minimum atomic E-state index is -1.19. The molecule has 5 heteroatoms. The van der Waals surface area contributed by atoms with Crippen LogP contribution in [0.5, 0.6) is 0 Å². The second-order valence-corrected chi connectivity index (χ2v) is 4.96. The topological polar surface area (TPSA) is 79.9 Å². The lowest BCUT2D eigenvalue weighted by molar-refractivity contribution is -0.134. The molecule has 0 bridgehead atoms. The van der Waals surface area contributed by atoms with Crippen LogP contribution in [0.3, 0.4) is 0 Å². The van der Waals surface area contributed by atoms with E-state index >= 15 is 0 Å². The first-order valence-corrected chi connectivity index (χ1v) is 6.63. The van der Waals surface area contributed by atoms with E-state index in [0.717, 1.165) is 5.76 Å². The van der Waals surface area contributed by atoms with Gasteiger partial charge in [-0.15, -0.1) is 0 Å². The van der Waals surface area contributed by atoms with E-state index in [1.807, 2.05) is 6.07 Å². The molecule has 1 heterocycles. The number of ether oxygens (including phenoxy) is 1. The van der Waals surface area contributed by atoms with E-state index < -0.39 is 17.7 Å². The van der Waals surface area contributed by atoms with E-state index in [9.17, 15) is 15.0 Å². The highest BCUT2D eigenvalue weighted by molar-refractivity contribution is 5.81. The summed E-state index contributed by atoms with van der Waals surface area (Å²) in [5.74, 6) is 0.354. The molecule has 20 heavy (non-hydrogen) atoms. The summed E-state index contributed by atoms with van der Waals surface area (Å²) in [6.07, 6.45) is 5.49. The molecule has 0 aromatic carbocycles. The molecule has 0 spiro atoms. The summed E-state index contributed by atoms with van der Waals surface area (Å²) in [4.78, 5) is 10.9. The number of hydrogen-bond donors (Lipinski definition) is 2. The molecule has 0 aliphatic heterocycles. The summed E-state index contributed by atoms with van der Waals surface area (Å²) < 4.78 is 9.65. The molecular formula is C15H22O5. The van der Waals surface area contributed by atoms with Crippen LogP contribution >= 0.6 is 0 Å². The molecule has 0 amide bonds. The Morgan fingerprint density at radius 3 is 2.95 bits per heavy atom. The van der Waals surface area contributed by atoms with E-state index in [-0.39, 0.29) is 0 Å². The first kappa shape index (κ1) is 16.5. The number of carbonyl (C=O) groups excluding carboxylic acids is 1. The lowest BCUT2D eigenvalue weighted by Gasteiger charge is -2.28. The fourth-order valence-electron chi connectivity index (χ4n) is 1.81. The molecule has 112 valence electrons. The van der Waals surface area contributed by atoms with Crippen LogP contribution in [0.1, 0.15) is 31.9 Å². The lowest BCUT2D eigenvalue weighted by Crippen LogP contribution is -2.39. The van der Waals surface area contributed by atoms with E-state index in [1.54, 1.807) is 25.3 Å². The van der Waals surface area contributed by atoms with Gasteiger partial charge in [0, 0.05) is 12.5 Å². The number of allylic oxidation sites excluding steroid dienone is 1. The van der Waals surface area contributed by atoms with Gasteiger partial charge in [-0.2, -0.15) is 0 Å². The summed E-state index contributed by atoms with van der Waals surface area (Å²) in [5, 5.41) is 20.2. The van der Waals surface area contributed by atoms with Crippen molar-refractivity contribution in [1.82, 2.24) is 0 Å². The molecule has 1 rings (SSSR count). The van der Waals surface area contributed by atoms with Gasteiger partial charge in [0.1, 0.15) is 5.76 Å². The smallest absolute Gasteiger partial charge is 0.330 e. The first-order valence-electron chi connectivity index (χ1n) is 6.63. The molecule has 0 unspecified atom stereocenters. The van der Waals surface area contributed by atoms with Gasteiger partial charge in [-0.25, -0.2) is 4.79 Å². The van der Waals surface area contributed by atoms with Crippen molar-refractivity contribution in [3.63, 3.8) is 0 Å². The minimum absolute atomic E-state index is 0.374. The molecule has 0 fully saturated rings. The fraction of sp³-hybridized carbons (Fsp3) is 0.533. The monoisotopic (exact) mass is 282 g/mol. The predicted molar refractivity (Wildman–Crippen MR) is 74.0 cm³/mol. The average molecular weight is 282 g/mol. The standard InChI is InChI=1S/C15H22O5/c1-15(18,10-9-12-6-5-11-20-12)13(16)7-3-4-8-14(17)19-2/h4-6,8,11,13,16,18H,3,7,9-10H2,1-2H3/b8-4+/t13-,15+/m1/s1. The van der Waals surface area contributed by atoms with Gasteiger partial charge in [-0.3, -0.25) is 0 Å². The zero-order valence-corrected chi connectivity index (χ0v) is 11.9. The molecule has 0 saturated heterocycles. The van der Waals surface area contributed by atoms with Crippen molar-refractivity contribution in [2.24, 2.45) is 0 Å². The van der Waals surface area contributed by atoms with Crippen LogP contribution in [-0.2, 0) is 16.0 Å². The van der Waals surface area contributed by atoms with Crippen molar-refractivity contribution in [3.05, 3.63) is 36.3 Å². The number of aliphatic hydroxyl groups is 2. The molecule has 0 aliphatic rings. The molecule has 1 aromatic rings. The van der Waals surface area contributed by atoms with Crippen molar-refractivity contribution in [1.29, 1.82) is 0 Å². The van der Waals surface area contributed by atoms with Crippen molar-refractivity contribution in [3.8, 4) is 0 Å². The van der Waals surface area contributed by atoms with Gasteiger partial charge in [-0.1, -0.05) is 6.08 Å². The largest absolute Gasteiger partial charge is 0.469 e. The van der Waals surface area contributed by atoms with Gasteiger partial charge in [0.05, 0.1) is 25.1 Å². The Kier molecular flexibility index (Phi) is 6.48. The third kappa shape index (κ3) is 5.59. The van der Waals surface area contributed by atoms with Crippen LogP contribution in [0.15, 0.2) is 35.0 Å². The van der Waals surface area contributed by atoms with E-state index in [2.05, 4.69) is 4.74 Å². The highest BCUT2D eigenvalue weighted by atomic mass is 16.5. The predicted octanol–water partition coefficient (Wildman–Crippen LogP) is 1.83. The minimum Gasteiger partial charge on any atom is -0.469 e. The Morgan fingerprint density at radius 2 is 2.35 bits per heavy atom. The lowest BCUT2D eigenvalue weighted by atomic mass is 9.90. The van der Waals surface area contributed by atoms with Crippen molar-refractivity contribution in [2.45, 2.75) is 44.3 Å². The normalized spacial score (nSPS) is 16.0. The van der Waals surface area contributed by atoms with Crippen LogP contribution < -0.4 is 0 Å². The van der Waals surface area contributed by atoms with Crippen molar-refractivity contribution >= 4 is 5.97 Å². The highest BCUT2D eigenvalue weighted by Crippen LogP contribution is 2.21. The van der Waals surface area contributed by atoms with Gasteiger partial charge < -0.3 is 19.4 Å². The number of rotatable bonds is 8. The Morgan fingerprint density at radius 1 is 1.60 bits per heavy atom. The second-order valence-electron chi connectivity index (χ2n) is 4.96. The van der Waals surface area contributed by atoms with Crippen LogP contribution in [0, 0.1) is 0 Å². The maximum atomic E-state index is 10.9. The van der Waals surface area contributed by atoms with Crippen LogP contribution in [0.2, 0.25) is 0 Å². The molecular weight excluding hydrogens is 260 g/mol. The first-order chi connectivity index (χ1) is 9.45. The quantitative estimate of drug-likeness (QED) is 0.561. The summed E-state index contributed by atoms with van der Waals surface area (Å²) in [6, 6.07) is 3.62. The van der Waals surface area contributed by atoms with Gasteiger partial charge in [0.25, 0.3) is 0 Å². The summed E-state index contributed by atoms with van der Waals surface area (Å²) in [6.45, 7) is 1.60. The number of carbonyl (C=O) groups is 1. The zero-order chi connectivity index (χ0) is 15.0. The van der Waals surface area contributed by atoms with Crippen LogP contribution in [0.4, 0.5) is 0 Å². The molecule has 2 atom stereocenters. The van der Waals surface area contributed by atoms with Gasteiger partial charge in [-0.05, 0) is 38.3 Å².